The minimum Gasteiger partial charge on any atom is -0.506 e. The summed E-state index contributed by atoms with van der Waals surface area (Å²) in [6.07, 6.45) is -9.09. The number of aliphatic carboxylic acids is 1. The maximum Gasteiger partial charge on any atom is 0.374 e. The van der Waals surface area contributed by atoms with Gasteiger partial charge in [0.2, 0.25) is 5.76 Å². The van der Waals surface area contributed by atoms with Gasteiger partial charge >= 0.3 is 5.97 Å². The SMILES string of the molecule is O=C(O)C1=C(O)[C@H](O)[C@@H](O)[C@H](C(O)C(O)CO)O1. The Balaban J connectivity index is 3.01. The van der Waals surface area contributed by atoms with Gasteiger partial charge in [0.05, 0.1) is 6.61 Å². The average molecular weight is 266 g/mol. The summed E-state index contributed by atoms with van der Waals surface area (Å²) in [5, 5.41) is 64.1. The molecule has 18 heavy (non-hydrogen) atoms. The van der Waals surface area contributed by atoms with Crippen LogP contribution < -0.4 is 0 Å². The monoisotopic (exact) mass is 266 g/mol. The van der Waals surface area contributed by atoms with Crippen molar-refractivity contribution in [3.8, 4) is 0 Å². The molecule has 0 aromatic carbocycles. The second-order valence-corrected chi connectivity index (χ2v) is 3.78. The van der Waals surface area contributed by atoms with Crippen LogP contribution in [0.25, 0.3) is 0 Å². The number of aliphatic hydroxyl groups excluding tert-OH is 6. The van der Waals surface area contributed by atoms with Crippen LogP contribution in [0.3, 0.4) is 0 Å². The van der Waals surface area contributed by atoms with E-state index in [1.807, 2.05) is 0 Å². The van der Waals surface area contributed by atoms with Gasteiger partial charge in [-0.05, 0) is 0 Å². The zero-order chi connectivity index (χ0) is 14.0. The molecule has 0 aromatic rings. The highest BCUT2D eigenvalue weighted by molar-refractivity contribution is 5.85. The molecule has 1 aliphatic rings. The lowest BCUT2D eigenvalue weighted by molar-refractivity contribution is -0.173. The zero-order valence-electron chi connectivity index (χ0n) is 9.04. The summed E-state index contributed by atoms with van der Waals surface area (Å²) < 4.78 is 4.63. The molecule has 104 valence electrons. The summed E-state index contributed by atoms with van der Waals surface area (Å²) in [6.45, 7) is -0.859. The summed E-state index contributed by atoms with van der Waals surface area (Å²) in [5.41, 5.74) is 0. The third-order valence-corrected chi connectivity index (χ3v) is 2.54. The van der Waals surface area contributed by atoms with Gasteiger partial charge in [0, 0.05) is 0 Å². The second kappa shape index (κ2) is 5.50. The van der Waals surface area contributed by atoms with Crippen LogP contribution in [0.4, 0.5) is 0 Å². The van der Waals surface area contributed by atoms with E-state index in [9.17, 15) is 30.3 Å². The number of ether oxygens (including phenoxy) is 1. The lowest BCUT2D eigenvalue weighted by Crippen LogP contribution is -2.54. The second-order valence-electron chi connectivity index (χ2n) is 3.78. The first kappa shape index (κ1) is 14.7. The Morgan fingerprint density at radius 1 is 1.33 bits per heavy atom. The normalized spacial score (nSPS) is 31.7. The van der Waals surface area contributed by atoms with E-state index in [1.54, 1.807) is 0 Å². The number of carboxylic acid groups (broad SMARTS) is 1. The third-order valence-electron chi connectivity index (χ3n) is 2.54. The maximum absolute atomic E-state index is 10.7. The first-order valence-electron chi connectivity index (χ1n) is 4.97. The van der Waals surface area contributed by atoms with Crippen LogP contribution >= 0.6 is 0 Å². The summed E-state index contributed by atoms with van der Waals surface area (Å²) in [6, 6.07) is 0. The third kappa shape index (κ3) is 2.54. The Kier molecular flexibility index (Phi) is 4.48. The summed E-state index contributed by atoms with van der Waals surface area (Å²) in [7, 11) is 0. The number of rotatable bonds is 4. The molecule has 2 unspecified atom stereocenters. The fourth-order valence-electron chi connectivity index (χ4n) is 1.50. The van der Waals surface area contributed by atoms with E-state index in [0.717, 1.165) is 0 Å². The molecule has 0 aromatic heterocycles. The van der Waals surface area contributed by atoms with Crippen molar-refractivity contribution in [3.63, 3.8) is 0 Å². The van der Waals surface area contributed by atoms with Gasteiger partial charge in [-0.25, -0.2) is 4.79 Å². The van der Waals surface area contributed by atoms with Gasteiger partial charge in [-0.15, -0.1) is 0 Å². The van der Waals surface area contributed by atoms with Crippen LogP contribution in [0.2, 0.25) is 0 Å². The minimum atomic E-state index is -1.98. The molecule has 9 nitrogen and oxygen atoms in total. The van der Waals surface area contributed by atoms with Crippen molar-refractivity contribution in [2.24, 2.45) is 0 Å². The predicted molar refractivity (Wildman–Crippen MR) is 53.3 cm³/mol. The van der Waals surface area contributed by atoms with Crippen LogP contribution in [-0.2, 0) is 9.53 Å². The summed E-state index contributed by atoms with van der Waals surface area (Å²) in [4.78, 5) is 10.7. The predicted octanol–water partition coefficient (Wildman–Crippen LogP) is -3.32. The maximum atomic E-state index is 10.7. The topological polar surface area (TPSA) is 168 Å². The van der Waals surface area contributed by atoms with Gasteiger partial charge in [0.25, 0.3) is 0 Å². The van der Waals surface area contributed by atoms with Crippen molar-refractivity contribution in [2.75, 3.05) is 6.61 Å². The van der Waals surface area contributed by atoms with Crippen LogP contribution in [0.15, 0.2) is 11.5 Å². The molecule has 0 radical (unpaired) electrons. The molecule has 0 amide bonds. The number of carboxylic acids is 1. The summed E-state index contributed by atoms with van der Waals surface area (Å²) >= 11 is 0. The fourth-order valence-corrected chi connectivity index (χ4v) is 1.50. The fraction of sp³-hybridized carbons (Fsp3) is 0.667. The van der Waals surface area contributed by atoms with Gasteiger partial charge in [0.1, 0.15) is 24.4 Å². The first-order chi connectivity index (χ1) is 8.31. The van der Waals surface area contributed by atoms with E-state index in [4.69, 9.17) is 10.2 Å². The molecule has 0 saturated carbocycles. The van der Waals surface area contributed by atoms with Gasteiger partial charge in [-0.1, -0.05) is 0 Å². The van der Waals surface area contributed by atoms with E-state index in [0.29, 0.717) is 0 Å². The summed E-state index contributed by atoms with van der Waals surface area (Å²) in [5.74, 6) is -3.84. The number of hydrogen-bond acceptors (Lipinski definition) is 8. The minimum absolute atomic E-state index is 0.859. The van der Waals surface area contributed by atoms with E-state index in [-0.39, 0.29) is 0 Å². The van der Waals surface area contributed by atoms with E-state index < -0.39 is 54.6 Å². The molecule has 1 aliphatic heterocycles. The van der Waals surface area contributed by atoms with Crippen molar-refractivity contribution in [3.05, 3.63) is 11.5 Å². The average Bonchev–Trinajstić information content (AvgIpc) is 2.34. The Hall–Kier alpha value is -1.39. The van der Waals surface area contributed by atoms with E-state index >= 15 is 0 Å². The van der Waals surface area contributed by atoms with Crippen molar-refractivity contribution >= 4 is 5.97 Å². The number of hydrogen-bond donors (Lipinski definition) is 7. The van der Waals surface area contributed by atoms with Gasteiger partial charge in [-0.2, -0.15) is 0 Å². The molecular formula is C9H14O9. The van der Waals surface area contributed by atoms with Crippen molar-refractivity contribution in [1.82, 2.24) is 0 Å². The van der Waals surface area contributed by atoms with Crippen LogP contribution in [-0.4, -0.2) is 78.8 Å². The molecule has 0 saturated heterocycles. The lowest BCUT2D eigenvalue weighted by Gasteiger charge is -2.36. The molecule has 0 fully saturated rings. The van der Waals surface area contributed by atoms with E-state index in [2.05, 4.69) is 4.74 Å². The Labute approximate surface area is 101 Å². The highest BCUT2D eigenvalue weighted by atomic mass is 16.6. The van der Waals surface area contributed by atoms with Gasteiger partial charge in [-0.3, -0.25) is 0 Å². The molecule has 0 spiro atoms. The van der Waals surface area contributed by atoms with Crippen LogP contribution in [0, 0.1) is 0 Å². The highest BCUT2D eigenvalue weighted by Gasteiger charge is 2.45. The Morgan fingerprint density at radius 3 is 2.33 bits per heavy atom. The van der Waals surface area contributed by atoms with Crippen molar-refractivity contribution in [2.45, 2.75) is 30.5 Å². The Bertz CT molecular complexity index is 352. The lowest BCUT2D eigenvalue weighted by atomic mass is 9.95. The largest absolute Gasteiger partial charge is 0.506 e. The molecule has 1 heterocycles. The number of aliphatic hydroxyl groups is 6. The van der Waals surface area contributed by atoms with E-state index in [1.165, 1.54) is 0 Å². The molecule has 9 heteroatoms. The highest BCUT2D eigenvalue weighted by Crippen LogP contribution is 2.26. The van der Waals surface area contributed by atoms with Crippen molar-refractivity contribution < 1.29 is 45.3 Å². The quantitative estimate of drug-likeness (QED) is 0.275. The molecule has 1 rings (SSSR count). The van der Waals surface area contributed by atoms with Crippen molar-refractivity contribution in [1.29, 1.82) is 0 Å². The van der Waals surface area contributed by atoms with Crippen LogP contribution in [0.1, 0.15) is 0 Å². The molecular weight excluding hydrogens is 252 g/mol. The molecule has 0 bridgehead atoms. The standard InChI is InChI=1S/C9H14O9/c10-1-2(11)3(12)7-5(14)4(13)6(15)8(18-7)9(16)17/h2-5,7,10-15H,1H2,(H,16,17)/t2?,3?,4-,5-,7+/m1/s1. The van der Waals surface area contributed by atoms with Crippen LogP contribution in [0.5, 0.6) is 0 Å². The first-order valence-corrected chi connectivity index (χ1v) is 4.97. The van der Waals surface area contributed by atoms with Gasteiger partial charge in [0.15, 0.2) is 11.9 Å². The number of carbonyl (C=O) groups is 1. The molecule has 7 N–H and O–H groups in total. The Morgan fingerprint density at radius 2 is 1.89 bits per heavy atom. The van der Waals surface area contributed by atoms with Gasteiger partial charge < -0.3 is 40.5 Å². The zero-order valence-corrected chi connectivity index (χ0v) is 9.04. The smallest absolute Gasteiger partial charge is 0.374 e. The molecule has 0 aliphatic carbocycles. The molecule has 5 atom stereocenters.